The van der Waals surface area contributed by atoms with E-state index >= 15 is 0 Å². The molecule has 1 aromatic carbocycles. The number of aromatic nitrogens is 1. The minimum atomic E-state index is 0.0906. The highest BCUT2D eigenvalue weighted by Crippen LogP contribution is 2.25. The maximum absolute atomic E-state index is 5.80. The Balaban J connectivity index is 2.36. The van der Waals surface area contributed by atoms with Crippen molar-refractivity contribution in [3.8, 4) is 0 Å². The number of hydrogen-bond donors (Lipinski definition) is 1. The SMILES string of the molecule is CN(CC(C)(C)CN)c1nccc2ccccc12. The van der Waals surface area contributed by atoms with Gasteiger partial charge in [-0.15, -0.1) is 0 Å². The van der Waals surface area contributed by atoms with E-state index in [1.54, 1.807) is 0 Å². The summed E-state index contributed by atoms with van der Waals surface area (Å²) in [6.07, 6.45) is 1.86. The van der Waals surface area contributed by atoms with Crippen LogP contribution in [0.4, 0.5) is 5.82 Å². The van der Waals surface area contributed by atoms with Gasteiger partial charge in [-0.3, -0.25) is 0 Å². The van der Waals surface area contributed by atoms with E-state index in [9.17, 15) is 0 Å². The zero-order valence-electron chi connectivity index (χ0n) is 11.4. The average molecular weight is 243 g/mol. The molecule has 0 amide bonds. The second-order valence-electron chi connectivity index (χ2n) is 5.58. The molecule has 0 fully saturated rings. The Kier molecular flexibility index (Phi) is 3.53. The molecule has 0 aliphatic rings. The maximum atomic E-state index is 5.80. The second-order valence-corrected chi connectivity index (χ2v) is 5.58. The summed E-state index contributed by atoms with van der Waals surface area (Å²) >= 11 is 0. The van der Waals surface area contributed by atoms with E-state index in [1.165, 1.54) is 10.8 Å². The molecule has 1 heterocycles. The van der Waals surface area contributed by atoms with Crippen LogP contribution in [0.5, 0.6) is 0 Å². The first-order valence-corrected chi connectivity index (χ1v) is 6.28. The van der Waals surface area contributed by atoms with Gasteiger partial charge < -0.3 is 10.6 Å². The van der Waals surface area contributed by atoms with E-state index in [1.807, 2.05) is 12.3 Å². The van der Waals surface area contributed by atoms with Crippen molar-refractivity contribution >= 4 is 16.6 Å². The third-order valence-corrected chi connectivity index (χ3v) is 3.23. The Morgan fingerprint density at radius 1 is 1.22 bits per heavy atom. The molecule has 3 heteroatoms. The number of pyridine rings is 1. The molecule has 0 unspecified atom stereocenters. The topological polar surface area (TPSA) is 42.1 Å². The first-order chi connectivity index (χ1) is 8.53. The highest BCUT2D eigenvalue weighted by atomic mass is 15.2. The lowest BCUT2D eigenvalue weighted by Gasteiger charge is -2.30. The standard InChI is InChI=1S/C15H21N3/c1-15(2,10-16)11-18(3)14-13-7-5-4-6-12(13)8-9-17-14/h4-9H,10-11,16H2,1-3H3. The van der Waals surface area contributed by atoms with Crippen LogP contribution in [0, 0.1) is 5.41 Å². The van der Waals surface area contributed by atoms with Gasteiger partial charge in [0, 0.05) is 25.2 Å². The van der Waals surface area contributed by atoms with Gasteiger partial charge in [-0.2, -0.15) is 0 Å². The molecule has 2 rings (SSSR count). The molecule has 1 aromatic heterocycles. The second kappa shape index (κ2) is 4.94. The molecule has 2 aromatic rings. The molecule has 18 heavy (non-hydrogen) atoms. The van der Waals surface area contributed by atoms with Gasteiger partial charge in [0.2, 0.25) is 0 Å². The molecule has 0 saturated heterocycles. The zero-order valence-corrected chi connectivity index (χ0v) is 11.4. The van der Waals surface area contributed by atoms with Gasteiger partial charge in [-0.25, -0.2) is 4.98 Å². The van der Waals surface area contributed by atoms with Crippen molar-refractivity contribution in [1.82, 2.24) is 4.98 Å². The normalized spacial score (nSPS) is 11.8. The molecule has 0 bridgehead atoms. The van der Waals surface area contributed by atoms with Crippen LogP contribution in [-0.4, -0.2) is 25.1 Å². The van der Waals surface area contributed by atoms with E-state index in [-0.39, 0.29) is 5.41 Å². The van der Waals surface area contributed by atoms with Gasteiger partial charge in [0.15, 0.2) is 0 Å². The van der Waals surface area contributed by atoms with E-state index in [0.717, 1.165) is 12.4 Å². The minimum absolute atomic E-state index is 0.0906. The van der Waals surface area contributed by atoms with Gasteiger partial charge in [-0.1, -0.05) is 38.1 Å². The zero-order chi connectivity index (χ0) is 13.2. The van der Waals surface area contributed by atoms with Crippen molar-refractivity contribution in [1.29, 1.82) is 0 Å². The molecule has 0 aliphatic heterocycles. The van der Waals surface area contributed by atoms with Gasteiger partial charge in [0.05, 0.1) is 0 Å². The van der Waals surface area contributed by atoms with Crippen LogP contribution in [0.3, 0.4) is 0 Å². The molecule has 0 saturated carbocycles. The summed E-state index contributed by atoms with van der Waals surface area (Å²) in [7, 11) is 2.08. The summed E-state index contributed by atoms with van der Waals surface area (Å²) in [6.45, 7) is 5.91. The highest BCUT2D eigenvalue weighted by molar-refractivity contribution is 5.91. The highest BCUT2D eigenvalue weighted by Gasteiger charge is 2.19. The van der Waals surface area contributed by atoms with Gasteiger partial charge >= 0.3 is 0 Å². The number of anilines is 1. The molecule has 0 aliphatic carbocycles. The quantitative estimate of drug-likeness (QED) is 0.897. The first-order valence-electron chi connectivity index (χ1n) is 6.28. The number of hydrogen-bond acceptors (Lipinski definition) is 3. The summed E-state index contributed by atoms with van der Waals surface area (Å²) < 4.78 is 0. The van der Waals surface area contributed by atoms with Crippen LogP contribution in [0.15, 0.2) is 36.5 Å². The summed E-state index contributed by atoms with van der Waals surface area (Å²) in [4.78, 5) is 6.70. The van der Waals surface area contributed by atoms with E-state index in [0.29, 0.717) is 6.54 Å². The van der Waals surface area contributed by atoms with Crippen LogP contribution >= 0.6 is 0 Å². The lowest BCUT2D eigenvalue weighted by atomic mass is 9.93. The fourth-order valence-corrected chi connectivity index (χ4v) is 2.19. The van der Waals surface area contributed by atoms with Crippen molar-refractivity contribution in [3.05, 3.63) is 36.5 Å². The lowest BCUT2D eigenvalue weighted by molar-refractivity contribution is 0.384. The predicted molar refractivity (Wildman–Crippen MR) is 77.8 cm³/mol. The van der Waals surface area contributed by atoms with Gasteiger partial charge in [0.1, 0.15) is 5.82 Å². The number of rotatable bonds is 4. The van der Waals surface area contributed by atoms with Crippen molar-refractivity contribution in [2.24, 2.45) is 11.1 Å². The molecule has 2 N–H and O–H groups in total. The Bertz CT molecular complexity index is 529. The smallest absolute Gasteiger partial charge is 0.136 e. The molecular weight excluding hydrogens is 222 g/mol. The fraction of sp³-hybridized carbons (Fsp3) is 0.400. The summed E-state index contributed by atoms with van der Waals surface area (Å²) in [6, 6.07) is 10.4. The summed E-state index contributed by atoms with van der Waals surface area (Å²) in [5.41, 5.74) is 5.89. The van der Waals surface area contributed by atoms with E-state index in [2.05, 4.69) is 55.0 Å². The summed E-state index contributed by atoms with van der Waals surface area (Å²) in [5, 5.41) is 2.41. The molecule has 0 spiro atoms. The maximum Gasteiger partial charge on any atom is 0.136 e. The van der Waals surface area contributed by atoms with Crippen LogP contribution in [0.2, 0.25) is 0 Å². The van der Waals surface area contributed by atoms with Crippen molar-refractivity contribution in [2.75, 3.05) is 25.0 Å². The van der Waals surface area contributed by atoms with Crippen molar-refractivity contribution in [3.63, 3.8) is 0 Å². The van der Waals surface area contributed by atoms with Crippen LogP contribution in [0.1, 0.15) is 13.8 Å². The number of nitrogens with zero attached hydrogens (tertiary/aromatic N) is 2. The largest absolute Gasteiger partial charge is 0.359 e. The minimum Gasteiger partial charge on any atom is -0.359 e. The molecule has 3 nitrogen and oxygen atoms in total. The Morgan fingerprint density at radius 2 is 1.94 bits per heavy atom. The lowest BCUT2D eigenvalue weighted by Crippen LogP contribution is -2.37. The predicted octanol–water partition coefficient (Wildman–Crippen LogP) is 2.66. The van der Waals surface area contributed by atoms with Crippen molar-refractivity contribution in [2.45, 2.75) is 13.8 Å². The van der Waals surface area contributed by atoms with E-state index in [4.69, 9.17) is 5.73 Å². The Hall–Kier alpha value is -1.61. The van der Waals surface area contributed by atoms with Gasteiger partial charge in [0.25, 0.3) is 0 Å². The Labute approximate surface area is 109 Å². The number of benzene rings is 1. The molecular formula is C15H21N3. The third kappa shape index (κ3) is 2.62. The molecule has 0 radical (unpaired) electrons. The number of fused-ring (bicyclic) bond motifs is 1. The van der Waals surface area contributed by atoms with Crippen LogP contribution < -0.4 is 10.6 Å². The first kappa shape index (κ1) is 12.8. The fourth-order valence-electron chi connectivity index (χ4n) is 2.19. The van der Waals surface area contributed by atoms with Crippen LogP contribution in [-0.2, 0) is 0 Å². The van der Waals surface area contributed by atoms with Crippen molar-refractivity contribution < 1.29 is 0 Å². The number of nitrogens with two attached hydrogens (primary N) is 1. The molecule has 0 atom stereocenters. The molecule has 96 valence electrons. The van der Waals surface area contributed by atoms with E-state index < -0.39 is 0 Å². The summed E-state index contributed by atoms with van der Waals surface area (Å²) in [5.74, 6) is 1.02. The van der Waals surface area contributed by atoms with Gasteiger partial charge in [-0.05, 0) is 23.4 Å². The monoisotopic (exact) mass is 243 g/mol. The van der Waals surface area contributed by atoms with Crippen LogP contribution in [0.25, 0.3) is 10.8 Å². The average Bonchev–Trinajstić information content (AvgIpc) is 2.37. The third-order valence-electron chi connectivity index (χ3n) is 3.23. The Morgan fingerprint density at radius 3 is 2.67 bits per heavy atom.